The number of morpholine rings is 1. The first-order chi connectivity index (χ1) is 14.4. The highest BCUT2D eigenvalue weighted by Crippen LogP contribution is 2.27. The van der Waals surface area contributed by atoms with E-state index in [1.807, 2.05) is 42.6 Å². The minimum atomic E-state index is -3.19. The highest BCUT2D eigenvalue weighted by molar-refractivity contribution is 7.90. The van der Waals surface area contributed by atoms with Crippen LogP contribution in [-0.2, 0) is 21.1 Å². The van der Waals surface area contributed by atoms with Crippen LogP contribution >= 0.6 is 0 Å². The van der Waals surface area contributed by atoms with Gasteiger partial charge in [0.05, 0.1) is 43.2 Å². The number of nitrogens with zero attached hydrogens (tertiary/aromatic N) is 2. The average molecular weight is 428 g/mol. The number of sulfone groups is 1. The lowest BCUT2D eigenvalue weighted by Crippen LogP contribution is -2.39. The van der Waals surface area contributed by atoms with Gasteiger partial charge in [-0.05, 0) is 47.5 Å². The second-order valence-corrected chi connectivity index (χ2v) is 9.40. The Kier molecular flexibility index (Phi) is 5.90. The van der Waals surface area contributed by atoms with Gasteiger partial charge < -0.3 is 14.5 Å². The predicted molar refractivity (Wildman–Crippen MR) is 114 cm³/mol. The molecule has 0 bridgehead atoms. The molecule has 2 aromatic carbocycles. The quantitative estimate of drug-likeness (QED) is 0.651. The van der Waals surface area contributed by atoms with Gasteiger partial charge >= 0.3 is 0 Å². The molecular formula is C22H25N3O4S. The number of methoxy groups -OCH3 is 1. The Morgan fingerprint density at radius 3 is 2.57 bits per heavy atom. The van der Waals surface area contributed by atoms with Crippen LogP contribution < -0.4 is 4.74 Å². The lowest BCUT2D eigenvalue weighted by molar-refractivity contribution is -0.0156. The van der Waals surface area contributed by atoms with E-state index in [2.05, 4.69) is 14.9 Å². The van der Waals surface area contributed by atoms with Gasteiger partial charge in [-0.15, -0.1) is 0 Å². The molecule has 0 radical (unpaired) electrons. The highest BCUT2D eigenvalue weighted by atomic mass is 32.2. The lowest BCUT2D eigenvalue weighted by atomic mass is 10.1. The second kappa shape index (κ2) is 8.59. The molecule has 0 amide bonds. The van der Waals surface area contributed by atoms with Crippen molar-refractivity contribution in [2.75, 3.05) is 33.1 Å². The van der Waals surface area contributed by atoms with Crippen molar-refractivity contribution < 1.29 is 17.9 Å². The number of hydrogen-bond donors (Lipinski definition) is 1. The fourth-order valence-electron chi connectivity index (χ4n) is 3.58. The van der Waals surface area contributed by atoms with Crippen LogP contribution in [0.4, 0.5) is 0 Å². The third-order valence-electron chi connectivity index (χ3n) is 5.29. The van der Waals surface area contributed by atoms with E-state index in [-0.39, 0.29) is 6.04 Å². The maximum absolute atomic E-state index is 11.7. The van der Waals surface area contributed by atoms with Gasteiger partial charge in [0.15, 0.2) is 9.84 Å². The smallest absolute Gasteiger partial charge is 0.175 e. The molecule has 2 heterocycles. The maximum Gasteiger partial charge on any atom is 0.175 e. The van der Waals surface area contributed by atoms with E-state index in [0.717, 1.165) is 34.9 Å². The number of imidazole rings is 1. The Balaban J connectivity index is 1.52. The monoisotopic (exact) mass is 427 g/mol. The van der Waals surface area contributed by atoms with Crippen LogP contribution in [0.1, 0.15) is 17.4 Å². The van der Waals surface area contributed by atoms with Crippen molar-refractivity contribution in [2.45, 2.75) is 17.5 Å². The zero-order chi connectivity index (χ0) is 21.1. The minimum absolute atomic E-state index is 0.000308. The molecule has 3 aromatic rings. The van der Waals surface area contributed by atoms with Crippen molar-refractivity contribution in [1.82, 2.24) is 14.9 Å². The standard InChI is InChI=1S/C22H25N3O4S/c1-28-18-7-5-17(6-8-18)20-13-23-22(24-20)21-15-29-12-11-25(21)14-16-3-9-19(10-4-16)30(2,26)27/h3-10,13,21H,11-12,14-15H2,1-2H3,(H,23,24). The van der Waals surface area contributed by atoms with Crippen molar-refractivity contribution >= 4 is 9.84 Å². The first-order valence-corrected chi connectivity index (χ1v) is 11.6. The predicted octanol–water partition coefficient (Wildman–Crippen LogP) is 3.06. The summed E-state index contributed by atoms with van der Waals surface area (Å²) in [6.07, 6.45) is 3.06. The molecule has 158 valence electrons. The molecule has 1 atom stereocenters. The van der Waals surface area contributed by atoms with Crippen LogP contribution in [0.25, 0.3) is 11.3 Å². The number of benzene rings is 2. The molecule has 1 saturated heterocycles. The van der Waals surface area contributed by atoms with Gasteiger partial charge in [-0.2, -0.15) is 0 Å². The molecule has 4 rings (SSSR count). The zero-order valence-corrected chi connectivity index (χ0v) is 17.9. The zero-order valence-electron chi connectivity index (χ0n) is 17.0. The minimum Gasteiger partial charge on any atom is -0.497 e. The third kappa shape index (κ3) is 4.56. The Morgan fingerprint density at radius 1 is 1.17 bits per heavy atom. The number of ether oxygens (including phenoxy) is 2. The van der Waals surface area contributed by atoms with Gasteiger partial charge in [-0.25, -0.2) is 13.4 Å². The van der Waals surface area contributed by atoms with Crippen molar-refractivity contribution in [1.29, 1.82) is 0 Å². The summed E-state index contributed by atoms with van der Waals surface area (Å²) in [5.74, 6) is 1.67. The fourth-order valence-corrected chi connectivity index (χ4v) is 4.21. The fraction of sp³-hybridized carbons (Fsp3) is 0.318. The van der Waals surface area contributed by atoms with Crippen LogP contribution in [0.2, 0.25) is 0 Å². The van der Waals surface area contributed by atoms with Gasteiger partial charge in [0, 0.05) is 19.3 Å². The number of aromatic amines is 1. The third-order valence-corrected chi connectivity index (χ3v) is 6.42. The second-order valence-electron chi connectivity index (χ2n) is 7.39. The molecule has 1 fully saturated rings. The van der Waals surface area contributed by atoms with Gasteiger partial charge in [-0.1, -0.05) is 12.1 Å². The van der Waals surface area contributed by atoms with Gasteiger partial charge in [0.2, 0.25) is 0 Å². The molecule has 1 N–H and O–H groups in total. The SMILES string of the molecule is COc1ccc(-c2cnc(C3COCCN3Cc3ccc(S(C)(=O)=O)cc3)[nH]2)cc1. The van der Waals surface area contributed by atoms with Crippen LogP contribution in [0.5, 0.6) is 5.75 Å². The molecule has 1 unspecified atom stereocenters. The molecule has 1 aliphatic rings. The van der Waals surface area contributed by atoms with Crippen molar-refractivity contribution in [3.63, 3.8) is 0 Å². The summed E-state index contributed by atoms with van der Waals surface area (Å²) < 4.78 is 34.3. The molecule has 8 heteroatoms. The Bertz CT molecular complexity index is 1090. The van der Waals surface area contributed by atoms with E-state index < -0.39 is 9.84 Å². The van der Waals surface area contributed by atoms with Gasteiger partial charge in [0.1, 0.15) is 11.6 Å². The molecule has 0 aliphatic carbocycles. The lowest BCUT2D eigenvalue weighted by Gasteiger charge is -2.34. The normalized spacial score (nSPS) is 17.7. The molecule has 0 saturated carbocycles. The molecule has 1 aliphatic heterocycles. The van der Waals surface area contributed by atoms with Crippen LogP contribution in [0.3, 0.4) is 0 Å². The highest BCUT2D eigenvalue weighted by Gasteiger charge is 2.27. The van der Waals surface area contributed by atoms with Crippen LogP contribution in [-0.4, -0.2) is 56.4 Å². The summed E-state index contributed by atoms with van der Waals surface area (Å²) in [7, 11) is -1.54. The number of H-pyrrole nitrogens is 1. The van der Waals surface area contributed by atoms with E-state index in [1.54, 1.807) is 19.2 Å². The largest absolute Gasteiger partial charge is 0.497 e. The van der Waals surface area contributed by atoms with E-state index in [0.29, 0.717) is 24.7 Å². The number of nitrogens with one attached hydrogen (secondary N) is 1. The van der Waals surface area contributed by atoms with Crippen molar-refractivity contribution in [3.05, 3.63) is 66.1 Å². The molecule has 30 heavy (non-hydrogen) atoms. The maximum atomic E-state index is 11.7. The van der Waals surface area contributed by atoms with Crippen LogP contribution in [0, 0.1) is 0 Å². The first-order valence-electron chi connectivity index (χ1n) is 9.74. The van der Waals surface area contributed by atoms with Crippen molar-refractivity contribution in [2.24, 2.45) is 0 Å². The Hall–Kier alpha value is -2.68. The molecule has 0 spiro atoms. The molecular weight excluding hydrogens is 402 g/mol. The molecule has 7 nitrogen and oxygen atoms in total. The van der Waals surface area contributed by atoms with Gasteiger partial charge in [0.25, 0.3) is 0 Å². The summed E-state index contributed by atoms with van der Waals surface area (Å²) in [5.41, 5.74) is 3.03. The van der Waals surface area contributed by atoms with E-state index >= 15 is 0 Å². The summed E-state index contributed by atoms with van der Waals surface area (Å²) >= 11 is 0. The van der Waals surface area contributed by atoms with E-state index in [4.69, 9.17) is 9.47 Å². The van der Waals surface area contributed by atoms with E-state index in [9.17, 15) is 8.42 Å². The Labute approximate surface area is 176 Å². The van der Waals surface area contributed by atoms with Crippen LogP contribution in [0.15, 0.2) is 59.6 Å². The summed E-state index contributed by atoms with van der Waals surface area (Å²) in [6, 6.07) is 14.9. The topological polar surface area (TPSA) is 84.5 Å². The van der Waals surface area contributed by atoms with E-state index in [1.165, 1.54) is 6.26 Å². The Morgan fingerprint density at radius 2 is 1.90 bits per heavy atom. The average Bonchev–Trinajstić information content (AvgIpc) is 3.24. The summed E-state index contributed by atoms with van der Waals surface area (Å²) in [5, 5.41) is 0. The summed E-state index contributed by atoms with van der Waals surface area (Å²) in [4.78, 5) is 10.7. The van der Waals surface area contributed by atoms with Gasteiger partial charge in [-0.3, -0.25) is 4.90 Å². The first kappa shape index (κ1) is 20.6. The summed E-state index contributed by atoms with van der Waals surface area (Å²) in [6.45, 7) is 2.68. The number of aromatic nitrogens is 2. The number of rotatable bonds is 6. The number of hydrogen-bond acceptors (Lipinski definition) is 6. The molecule has 1 aromatic heterocycles. The van der Waals surface area contributed by atoms with Crippen molar-refractivity contribution in [3.8, 4) is 17.0 Å².